The third-order valence-electron chi connectivity index (χ3n) is 3.25. The Morgan fingerprint density at radius 1 is 1.50 bits per heavy atom. The van der Waals surface area contributed by atoms with Crippen molar-refractivity contribution in [2.24, 2.45) is 0 Å². The van der Waals surface area contributed by atoms with Gasteiger partial charge in [-0.15, -0.1) is 0 Å². The van der Waals surface area contributed by atoms with Crippen LogP contribution in [0.25, 0.3) is 0 Å². The molecule has 1 aliphatic heterocycles. The first-order valence-corrected chi connectivity index (χ1v) is 6.13. The molecule has 0 spiro atoms. The zero-order valence-corrected chi connectivity index (χ0v) is 10.2. The third kappa shape index (κ3) is 3.03. The van der Waals surface area contributed by atoms with Gasteiger partial charge in [0.25, 0.3) is 0 Å². The molecule has 1 aliphatic rings. The summed E-state index contributed by atoms with van der Waals surface area (Å²) >= 11 is 0. The minimum atomic E-state index is 0.629. The van der Waals surface area contributed by atoms with E-state index in [1.54, 1.807) is 0 Å². The van der Waals surface area contributed by atoms with Gasteiger partial charge in [0.1, 0.15) is 0 Å². The molecule has 0 radical (unpaired) electrons. The number of aromatic nitrogens is 1. The fourth-order valence-corrected chi connectivity index (χ4v) is 2.17. The Balaban J connectivity index is 1.76. The average Bonchev–Trinajstić information content (AvgIpc) is 2.76. The van der Waals surface area contributed by atoms with Crippen LogP contribution in [-0.2, 0) is 6.54 Å². The van der Waals surface area contributed by atoms with Crippen molar-refractivity contribution in [3.63, 3.8) is 0 Å². The number of pyridine rings is 1. The molecule has 3 heteroatoms. The lowest BCUT2D eigenvalue weighted by atomic mass is 10.2. The molecular formula is C13H21N3. The molecular weight excluding hydrogens is 198 g/mol. The highest BCUT2D eigenvalue weighted by Gasteiger charge is 2.23. The molecule has 0 saturated carbocycles. The Labute approximate surface area is 97.9 Å². The van der Waals surface area contributed by atoms with E-state index in [2.05, 4.69) is 35.1 Å². The monoisotopic (exact) mass is 219 g/mol. The highest BCUT2D eigenvalue weighted by Crippen LogP contribution is 2.12. The van der Waals surface area contributed by atoms with Crippen LogP contribution in [0.15, 0.2) is 24.4 Å². The second-order valence-corrected chi connectivity index (χ2v) is 4.78. The molecule has 3 nitrogen and oxygen atoms in total. The van der Waals surface area contributed by atoms with Crippen molar-refractivity contribution in [1.29, 1.82) is 0 Å². The first kappa shape index (κ1) is 11.6. The molecule has 2 rings (SSSR count). The van der Waals surface area contributed by atoms with Crippen molar-refractivity contribution in [3.05, 3.63) is 30.1 Å². The maximum Gasteiger partial charge on any atom is 0.0541 e. The van der Waals surface area contributed by atoms with Gasteiger partial charge in [0.2, 0.25) is 0 Å². The molecule has 2 heterocycles. The van der Waals surface area contributed by atoms with Gasteiger partial charge in [0.15, 0.2) is 0 Å². The number of likely N-dealkylation sites (tertiary alicyclic amines) is 1. The smallest absolute Gasteiger partial charge is 0.0541 e. The number of hydrogen-bond acceptors (Lipinski definition) is 3. The standard InChI is InChI=1S/C13H21N3/c1-11(2)16-8-6-13(10-16)15-9-12-5-3-4-7-14-12/h3-5,7,11,13,15H,6,8-10H2,1-2H3. The van der Waals surface area contributed by atoms with Crippen molar-refractivity contribution in [1.82, 2.24) is 15.2 Å². The number of rotatable bonds is 4. The highest BCUT2D eigenvalue weighted by atomic mass is 15.2. The molecule has 0 bridgehead atoms. The Morgan fingerprint density at radius 2 is 2.38 bits per heavy atom. The third-order valence-corrected chi connectivity index (χ3v) is 3.25. The first-order valence-electron chi connectivity index (χ1n) is 6.13. The van der Waals surface area contributed by atoms with Crippen LogP contribution in [-0.4, -0.2) is 35.1 Å². The molecule has 16 heavy (non-hydrogen) atoms. The van der Waals surface area contributed by atoms with Crippen molar-refractivity contribution >= 4 is 0 Å². The van der Waals surface area contributed by atoms with Gasteiger partial charge < -0.3 is 5.32 Å². The fourth-order valence-electron chi connectivity index (χ4n) is 2.17. The Hall–Kier alpha value is -0.930. The second kappa shape index (κ2) is 5.41. The Morgan fingerprint density at radius 3 is 3.00 bits per heavy atom. The molecule has 0 aliphatic carbocycles. The minimum absolute atomic E-state index is 0.629. The normalized spacial score (nSPS) is 21.8. The summed E-state index contributed by atoms with van der Waals surface area (Å²) in [6, 6.07) is 7.37. The number of nitrogens with zero attached hydrogens (tertiary/aromatic N) is 2. The Kier molecular flexibility index (Phi) is 3.91. The van der Waals surface area contributed by atoms with Crippen molar-refractivity contribution in [3.8, 4) is 0 Å². The fraction of sp³-hybridized carbons (Fsp3) is 0.615. The lowest BCUT2D eigenvalue weighted by Gasteiger charge is -2.20. The molecule has 0 amide bonds. The molecule has 1 fully saturated rings. The second-order valence-electron chi connectivity index (χ2n) is 4.78. The minimum Gasteiger partial charge on any atom is -0.307 e. The van der Waals surface area contributed by atoms with Gasteiger partial charge in [-0.05, 0) is 38.9 Å². The maximum atomic E-state index is 4.32. The van der Waals surface area contributed by atoms with E-state index in [-0.39, 0.29) is 0 Å². The number of nitrogens with one attached hydrogen (secondary N) is 1. The maximum absolute atomic E-state index is 4.32. The van der Waals surface area contributed by atoms with Crippen LogP contribution in [0.3, 0.4) is 0 Å². The summed E-state index contributed by atoms with van der Waals surface area (Å²) in [6.45, 7) is 7.81. The lowest BCUT2D eigenvalue weighted by Crippen LogP contribution is -2.34. The zero-order valence-electron chi connectivity index (χ0n) is 10.2. The average molecular weight is 219 g/mol. The predicted octanol–water partition coefficient (Wildman–Crippen LogP) is 1.65. The summed E-state index contributed by atoms with van der Waals surface area (Å²) in [5.74, 6) is 0. The van der Waals surface area contributed by atoms with Crippen LogP contribution in [0.4, 0.5) is 0 Å². The van der Waals surface area contributed by atoms with E-state index >= 15 is 0 Å². The van der Waals surface area contributed by atoms with Crippen LogP contribution >= 0.6 is 0 Å². The quantitative estimate of drug-likeness (QED) is 0.834. The van der Waals surface area contributed by atoms with Crippen LogP contribution in [0, 0.1) is 0 Å². The van der Waals surface area contributed by atoms with Crippen LogP contribution < -0.4 is 5.32 Å². The van der Waals surface area contributed by atoms with Crippen molar-refractivity contribution in [2.45, 2.75) is 38.9 Å². The van der Waals surface area contributed by atoms with E-state index in [9.17, 15) is 0 Å². The molecule has 1 aromatic rings. The van der Waals surface area contributed by atoms with E-state index < -0.39 is 0 Å². The highest BCUT2D eigenvalue weighted by molar-refractivity contribution is 5.03. The molecule has 0 aromatic carbocycles. The van der Waals surface area contributed by atoms with Gasteiger partial charge in [0.05, 0.1) is 5.69 Å². The first-order chi connectivity index (χ1) is 7.75. The van der Waals surface area contributed by atoms with Gasteiger partial charge in [-0.1, -0.05) is 6.07 Å². The van der Waals surface area contributed by atoms with Gasteiger partial charge in [-0.3, -0.25) is 9.88 Å². The van der Waals surface area contributed by atoms with Gasteiger partial charge >= 0.3 is 0 Å². The Bertz CT molecular complexity index is 310. The summed E-state index contributed by atoms with van der Waals surface area (Å²) in [7, 11) is 0. The van der Waals surface area contributed by atoms with Gasteiger partial charge in [0, 0.05) is 31.4 Å². The number of hydrogen-bond donors (Lipinski definition) is 1. The molecule has 1 aromatic heterocycles. The van der Waals surface area contributed by atoms with Crippen LogP contribution in [0.1, 0.15) is 26.0 Å². The van der Waals surface area contributed by atoms with E-state index in [0.29, 0.717) is 12.1 Å². The van der Waals surface area contributed by atoms with Crippen LogP contribution in [0.5, 0.6) is 0 Å². The largest absolute Gasteiger partial charge is 0.307 e. The van der Waals surface area contributed by atoms with E-state index in [0.717, 1.165) is 12.2 Å². The molecule has 1 saturated heterocycles. The van der Waals surface area contributed by atoms with E-state index in [1.807, 2.05) is 18.3 Å². The molecule has 1 atom stereocenters. The van der Waals surface area contributed by atoms with Gasteiger partial charge in [-0.2, -0.15) is 0 Å². The molecule has 88 valence electrons. The van der Waals surface area contributed by atoms with E-state index in [4.69, 9.17) is 0 Å². The summed E-state index contributed by atoms with van der Waals surface area (Å²) in [5.41, 5.74) is 1.13. The summed E-state index contributed by atoms with van der Waals surface area (Å²) in [6.07, 6.45) is 3.11. The SMILES string of the molecule is CC(C)N1CCC(NCc2ccccn2)C1. The van der Waals surface area contributed by atoms with Crippen molar-refractivity contribution in [2.75, 3.05) is 13.1 Å². The summed E-state index contributed by atoms with van der Waals surface area (Å²) in [5, 5.41) is 3.58. The summed E-state index contributed by atoms with van der Waals surface area (Å²) < 4.78 is 0. The molecule has 1 unspecified atom stereocenters. The van der Waals surface area contributed by atoms with Gasteiger partial charge in [-0.25, -0.2) is 0 Å². The topological polar surface area (TPSA) is 28.2 Å². The zero-order chi connectivity index (χ0) is 11.4. The summed E-state index contributed by atoms with van der Waals surface area (Å²) in [4.78, 5) is 6.84. The van der Waals surface area contributed by atoms with Crippen LogP contribution in [0.2, 0.25) is 0 Å². The van der Waals surface area contributed by atoms with E-state index in [1.165, 1.54) is 19.5 Å². The lowest BCUT2D eigenvalue weighted by molar-refractivity contribution is 0.268. The molecule has 1 N–H and O–H groups in total. The predicted molar refractivity (Wildman–Crippen MR) is 66.2 cm³/mol. The van der Waals surface area contributed by atoms with Crippen molar-refractivity contribution < 1.29 is 0 Å².